The Hall–Kier alpha value is -3.94. The third kappa shape index (κ3) is 6.19. The number of ether oxygens (including phenoxy) is 2. The van der Waals surface area contributed by atoms with Gasteiger partial charge >= 0.3 is 0 Å². The number of benzene rings is 2. The molecule has 1 heterocycles. The Morgan fingerprint density at radius 3 is 2.56 bits per heavy atom. The highest BCUT2D eigenvalue weighted by molar-refractivity contribution is 6.05. The molecule has 0 bridgehead atoms. The molecule has 190 valence electrons. The molecule has 0 aliphatic carbocycles. The summed E-state index contributed by atoms with van der Waals surface area (Å²) in [4.78, 5) is 17.1. The number of Topliss-reactive ketones (excluding diaryl/α,β-unsaturated/α-hetero) is 1. The fraction of sp³-hybridized carbons (Fsp3) is 0.321. The van der Waals surface area contributed by atoms with Crippen LogP contribution in [0.1, 0.15) is 60.0 Å². The minimum Gasteiger partial charge on any atom is -0.488 e. The maximum absolute atomic E-state index is 13.3. The SMILES string of the molecule is C=C/C=C\C(CCOc1c(C(C)=O)c(C)c2nc(C)oc2c1OCCC(C)c1ccc(F)cc1)=N\O. The van der Waals surface area contributed by atoms with E-state index in [4.69, 9.17) is 13.9 Å². The van der Waals surface area contributed by atoms with Crippen molar-refractivity contribution in [2.75, 3.05) is 13.2 Å². The standard InChI is InChI=1S/C28H31FN2O5/c1-6-7-8-23(31-33)14-16-34-26-24(19(4)32)18(3)25-27(36-20(5)30-25)28(26)35-15-13-17(2)21-9-11-22(29)12-10-21/h6-12,17,33H,1,13-16H2,2-5H3/b8-7-,31-23-. The van der Waals surface area contributed by atoms with Gasteiger partial charge in [-0.15, -0.1) is 0 Å². The normalized spacial score (nSPS) is 12.8. The number of hydrogen-bond acceptors (Lipinski definition) is 7. The number of nitrogens with zero attached hydrogens (tertiary/aromatic N) is 2. The Bertz CT molecular complexity index is 1290. The Labute approximate surface area is 209 Å². The lowest BCUT2D eigenvalue weighted by atomic mass is 9.98. The van der Waals surface area contributed by atoms with Crippen molar-refractivity contribution in [1.29, 1.82) is 0 Å². The zero-order valence-corrected chi connectivity index (χ0v) is 21.0. The van der Waals surface area contributed by atoms with Gasteiger partial charge in [-0.3, -0.25) is 4.79 Å². The minimum absolute atomic E-state index is 0.111. The number of rotatable bonds is 12. The molecule has 0 saturated heterocycles. The highest BCUT2D eigenvalue weighted by atomic mass is 19.1. The first-order valence-corrected chi connectivity index (χ1v) is 11.7. The molecule has 1 N–H and O–H groups in total. The maximum atomic E-state index is 13.3. The van der Waals surface area contributed by atoms with Gasteiger partial charge in [0.05, 0.1) is 24.5 Å². The molecular weight excluding hydrogens is 463 g/mol. The highest BCUT2D eigenvalue weighted by Crippen LogP contribution is 2.43. The van der Waals surface area contributed by atoms with Crippen molar-refractivity contribution in [3.05, 3.63) is 77.5 Å². The molecular formula is C28H31FN2O5. The van der Waals surface area contributed by atoms with Gasteiger partial charge in [0.15, 0.2) is 17.4 Å². The van der Waals surface area contributed by atoms with E-state index in [2.05, 4.69) is 16.7 Å². The summed E-state index contributed by atoms with van der Waals surface area (Å²) in [5.74, 6) is 0.642. The van der Waals surface area contributed by atoms with E-state index in [0.29, 0.717) is 52.6 Å². The Morgan fingerprint density at radius 2 is 1.92 bits per heavy atom. The maximum Gasteiger partial charge on any atom is 0.207 e. The molecule has 36 heavy (non-hydrogen) atoms. The molecule has 1 unspecified atom stereocenters. The summed E-state index contributed by atoms with van der Waals surface area (Å²) in [5.41, 5.74) is 3.33. The number of allylic oxidation sites excluding steroid dienone is 3. The summed E-state index contributed by atoms with van der Waals surface area (Å²) >= 11 is 0. The van der Waals surface area contributed by atoms with Crippen LogP contribution in [-0.2, 0) is 0 Å². The molecule has 0 spiro atoms. The molecule has 2 aromatic carbocycles. The van der Waals surface area contributed by atoms with E-state index in [1.54, 1.807) is 44.2 Å². The van der Waals surface area contributed by atoms with Crippen LogP contribution in [-0.4, -0.2) is 34.9 Å². The first-order valence-electron chi connectivity index (χ1n) is 11.7. The van der Waals surface area contributed by atoms with Gasteiger partial charge in [0.25, 0.3) is 0 Å². The second-order valence-corrected chi connectivity index (χ2v) is 8.50. The van der Waals surface area contributed by atoms with Gasteiger partial charge in [0.2, 0.25) is 11.3 Å². The molecule has 0 radical (unpaired) electrons. The molecule has 1 aromatic heterocycles. The zero-order valence-electron chi connectivity index (χ0n) is 21.0. The van der Waals surface area contributed by atoms with Crippen LogP contribution in [0.2, 0.25) is 0 Å². The molecule has 0 amide bonds. The third-order valence-corrected chi connectivity index (χ3v) is 5.85. The van der Waals surface area contributed by atoms with Crippen LogP contribution in [0, 0.1) is 19.7 Å². The van der Waals surface area contributed by atoms with Gasteiger partial charge < -0.3 is 19.1 Å². The van der Waals surface area contributed by atoms with Gasteiger partial charge in [-0.1, -0.05) is 42.9 Å². The van der Waals surface area contributed by atoms with Crippen molar-refractivity contribution in [2.45, 2.75) is 46.5 Å². The minimum atomic E-state index is -0.280. The first kappa shape index (κ1) is 26.7. The summed E-state index contributed by atoms with van der Waals surface area (Å²) in [6, 6.07) is 6.39. The number of fused-ring (bicyclic) bond motifs is 1. The Kier molecular flexibility index (Phi) is 9.00. The monoisotopic (exact) mass is 494 g/mol. The van der Waals surface area contributed by atoms with E-state index in [1.807, 2.05) is 6.92 Å². The van der Waals surface area contributed by atoms with Crippen LogP contribution in [0.15, 0.2) is 58.6 Å². The summed E-state index contributed by atoms with van der Waals surface area (Å²) in [6.45, 7) is 11.0. The lowest BCUT2D eigenvalue weighted by Gasteiger charge is -2.19. The molecule has 7 nitrogen and oxygen atoms in total. The molecule has 0 aliphatic rings. The van der Waals surface area contributed by atoms with Crippen LogP contribution in [0.5, 0.6) is 11.5 Å². The van der Waals surface area contributed by atoms with Gasteiger partial charge in [0.1, 0.15) is 11.3 Å². The van der Waals surface area contributed by atoms with Crippen molar-refractivity contribution >= 4 is 22.6 Å². The predicted octanol–water partition coefficient (Wildman–Crippen LogP) is 6.70. The molecule has 0 fully saturated rings. The van der Waals surface area contributed by atoms with E-state index >= 15 is 0 Å². The third-order valence-electron chi connectivity index (χ3n) is 5.85. The number of aryl methyl sites for hydroxylation is 2. The second kappa shape index (κ2) is 12.2. The summed E-state index contributed by atoms with van der Waals surface area (Å²) in [6.07, 6.45) is 5.76. The number of ketones is 1. The van der Waals surface area contributed by atoms with Crippen LogP contribution >= 0.6 is 0 Å². The molecule has 0 saturated carbocycles. The fourth-order valence-electron chi connectivity index (χ4n) is 3.93. The van der Waals surface area contributed by atoms with Crippen molar-refractivity contribution in [2.24, 2.45) is 5.16 Å². The van der Waals surface area contributed by atoms with E-state index in [0.717, 1.165) is 5.56 Å². The van der Waals surface area contributed by atoms with Crippen molar-refractivity contribution in [3.63, 3.8) is 0 Å². The lowest BCUT2D eigenvalue weighted by Crippen LogP contribution is -2.11. The lowest BCUT2D eigenvalue weighted by molar-refractivity contribution is 0.101. The van der Waals surface area contributed by atoms with E-state index in [1.165, 1.54) is 19.1 Å². The number of hydrogen-bond donors (Lipinski definition) is 1. The van der Waals surface area contributed by atoms with Gasteiger partial charge in [0, 0.05) is 13.3 Å². The average Bonchev–Trinajstić information content (AvgIpc) is 3.24. The van der Waals surface area contributed by atoms with Crippen molar-refractivity contribution in [1.82, 2.24) is 4.98 Å². The quantitative estimate of drug-likeness (QED) is 0.0990. The topological polar surface area (TPSA) is 94.2 Å². The molecule has 8 heteroatoms. The summed E-state index contributed by atoms with van der Waals surface area (Å²) < 4.78 is 31.4. The molecule has 1 atom stereocenters. The van der Waals surface area contributed by atoms with Crippen molar-refractivity contribution in [3.8, 4) is 11.5 Å². The number of oxazole rings is 1. The predicted molar refractivity (Wildman–Crippen MR) is 137 cm³/mol. The Morgan fingerprint density at radius 1 is 1.22 bits per heavy atom. The average molecular weight is 495 g/mol. The van der Waals surface area contributed by atoms with E-state index in [-0.39, 0.29) is 36.3 Å². The largest absolute Gasteiger partial charge is 0.488 e. The molecule has 3 aromatic rings. The molecule has 0 aliphatic heterocycles. The van der Waals surface area contributed by atoms with Crippen molar-refractivity contribution < 1.29 is 28.3 Å². The van der Waals surface area contributed by atoms with E-state index in [9.17, 15) is 14.4 Å². The zero-order chi connectivity index (χ0) is 26.2. The fourth-order valence-corrected chi connectivity index (χ4v) is 3.93. The smallest absolute Gasteiger partial charge is 0.207 e. The number of carbonyl (C=O) groups excluding carboxylic acids is 1. The van der Waals surface area contributed by atoms with Gasteiger partial charge in [-0.25, -0.2) is 9.37 Å². The number of halogens is 1. The summed E-state index contributed by atoms with van der Waals surface area (Å²) in [5, 5.41) is 12.5. The number of oxime groups is 1. The highest BCUT2D eigenvalue weighted by Gasteiger charge is 2.26. The molecule has 3 rings (SSSR count). The van der Waals surface area contributed by atoms with Gasteiger partial charge in [-0.05, 0) is 55.5 Å². The van der Waals surface area contributed by atoms with Crippen LogP contribution in [0.3, 0.4) is 0 Å². The van der Waals surface area contributed by atoms with Gasteiger partial charge in [-0.2, -0.15) is 0 Å². The van der Waals surface area contributed by atoms with Crippen LogP contribution in [0.25, 0.3) is 11.1 Å². The van der Waals surface area contributed by atoms with Crippen LogP contribution < -0.4 is 9.47 Å². The first-order chi connectivity index (χ1) is 17.3. The number of aromatic nitrogens is 1. The van der Waals surface area contributed by atoms with E-state index < -0.39 is 0 Å². The second-order valence-electron chi connectivity index (χ2n) is 8.50. The number of carbonyl (C=O) groups is 1. The summed E-state index contributed by atoms with van der Waals surface area (Å²) in [7, 11) is 0. The Balaban J connectivity index is 1.91. The van der Waals surface area contributed by atoms with Crippen LogP contribution in [0.4, 0.5) is 4.39 Å².